The molecule has 1 aromatic carbocycles. The highest BCUT2D eigenvalue weighted by Gasteiger charge is 2.11. The van der Waals surface area contributed by atoms with Crippen LogP contribution in [0.3, 0.4) is 0 Å². The van der Waals surface area contributed by atoms with E-state index < -0.39 is 10.1 Å². The maximum Gasteiger partial charge on any atom is 0.309 e. The number of anilines is 1. The normalized spacial score (nSPS) is 11.3. The van der Waals surface area contributed by atoms with Gasteiger partial charge in [-0.2, -0.15) is 8.42 Å². The number of hydrogen-bond donors (Lipinski definition) is 1. The second-order valence-electron chi connectivity index (χ2n) is 3.36. The van der Waals surface area contributed by atoms with Gasteiger partial charge in [0.2, 0.25) is 0 Å². The first-order valence-electron chi connectivity index (χ1n) is 4.73. The molecule has 0 radical (unpaired) electrons. The van der Waals surface area contributed by atoms with Crippen LogP contribution in [-0.2, 0) is 10.1 Å². The van der Waals surface area contributed by atoms with E-state index >= 15 is 0 Å². The Kier molecular flexibility index (Phi) is 3.57. The largest absolute Gasteiger partial charge is 0.399 e. The molecule has 0 saturated heterocycles. The Labute approximate surface area is 90.2 Å². The van der Waals surface area contributed by atoms with Crippen molar-refractivity contribution in [2.45, 2.75) is 20.3 Å². The average molecular weight is 229 g/mol. The highest BCUT2D eigenvalue weighted by Crippen LogP contribution is 2.20. The van der Waals surface area contributed by atoms with Crippen molar-refractivity contribution < 1.29 is 12.6 Å². The summed E-state index contributed by atoms with van der Waals surface area (Å²) in [6.45, 7) is 3.59. The number of aryl methyl sites for hydroxylation is 1. The maximum atomic E-state index is 11.3. The van der Waals surface area contributed by atoms with Gasteiger partial charge in [0, 0.05) is 5.69 Å². The summed E-state index contributed by atoms with van der Waals surface area (Å²) in [5.41, 5.74) is 7.03. The molecule has 0 fully saturated rings. The lowest BCUT2D eigenvalue weighted by molar-refractivity contribution is 0.485. The summed E-state index contributed by atoms with van der Waals surface area (Å²) in [7, 11) is -3.46. The van der Waals surface area contributed by atoms with Gasteiger partial charge in [-0.15, -0.1) is 0 Å². The Hall–Kier alpha value is -1.23. The number of rotatable bonds is 4. The van der Waals surface area contributed by atoms with E-state index in [2.05, 4.69) is 0 Å². The van der Waals surface area contributed by atoms with E-state index in [0.29, 0.717) is 17.9 Å². The molecule has 0 heterocycles. The van der Waals surface area contributed by atoms with E-state index in [1.165, 1.54) is 0 Å². The van der Waals surface area contributed by atoms with Gasteiger partial charge in [-0.3, -0.25) is 0 Å². The number of nitrogens with two attached hydrogens (primary N) is 1. The monoisotopic (exact) mass is 229 g/mol. The van der Waals surface area contributed by atoms with E-state index in [1.807, 2.05) is 0 Å². The highest BCUT2D eigenvalue weighted by molar-refractivity contribution is 7.87. The zero-order chi connectivity index (χ0) is 11.5. The second kappa shape index (κ2) is 4.53. The predicted octanol–water partition coefficient (Wildman–Crippen LogP) is 1.70. The summed E-state index contributed by atoms with van der Waals surface area (Å²) in [6, 6.07) is 4.80. The molecule has 1 aromatic rings. The van der Waals surface area contributed by atoms with Gasteiger partial charge < -0.3 is 9.92 Å². The first-order valence-corrected chi connectivity index (χ1v) is 6.30. The smallest absolute Gasteiger partial charge is 0.309 e. The van der Waals surface area contributed by atoms with Crippen LogP contribution in [0.25, 0.3) is 0 Å². The molecule has 0 aromatic heterocycles. The third-order valence-electron chi connectivity index (χ3n) is 1.92. The predicted molar refractivity (Wildman–Crippen MR) is 60.3 cm³/mol. The Morgan fingerprint density at radius 1 is 1.40 bits per heavy atom. The van der Waals surface area contributed by atoms with Gasteiger partial charge in [0.05, 0.1) is 5.75 Å². The van der Waals surface area contributed by atoms with Crippen LogP contribution >= 0.6 is 0 Å². The van der Waals surface area contributed by atoms with Crippen LogP contribution in [0.5, 0.6) is 5.75 Å². The molecular weight excluding hydrogens is 214 g/mol. The minimum Gasteiger partial charge on any atom is -0.399 e. The van der Waals surface area contributed by atoms with Gasteiger partial charge in [0.1, 0.15) is 5.75 Å². The fourth-order valence-electron chi connectivity index (χ4n) is 1.14. The quantitative estimate of drug-likeness (QED) is 0.630. The lowest BCUT2D eigenvalue weighted by atomic mass is 10.2. The van der Waals surface area contributed by atoms with Crippen molar-refractivity contribution in [1.82, 2.24) is 0 Å². The fourth-order valence-corrected chi connectivity index (χ4v) is 2.12. The Morgan fingerprint density at radius 3 is 2.60 bits per heavy atom. The zero-order valence-corrected chi connectivity index (χ0v) is 9.67. The van der Waals surface area contributed by atoms with E-state index in [4.69, 9.17) is 9.92 Å². The van der Waals surface area contributed by atoms with E-state index in [0.717, 1.165) is 5.56 Å². The molecule has 0 aliphatic rings. The summed E-state index contributed by atoms with van der Waals surface area (Å²) in [5.74, 6) is 0.339. The average Bonchev–Trinajstić information content (AvgIpc) is 2.10. The van der Waals surface area contributed by atoms with E-state index in [9.17, 15) is 8.42 Å². The Bertz CT molecular complexity index is 440. The Morgan fingerprint density at radius 2 is 2.07 bits per heavy atom. The van der Waals surface area contributed by atoms with Crippen molar-refractivity contribution in [1.29, 1.82) is 0 Å². The van der Waals surface area contributed by atoms with Gasteiger partial charge in [-0.25, -0.2) is 0 Å². The van der Waals surface area contributed by atoms with Crippen molar-refractivity contribution in [3.8, 4) is 5.75 Å². The van der Waals surface area contributed by atoms with Crippen LogP contribution in [0.4, 0.5) is 5.69 Å². The van der Waals surface area contributed by atoms with Crippen molar-refractivity contribution in [3.63, 3.8) is 0 Å². The fraction of sp³-hybridized carbons (Fsp3) is 0.400. The molecule has 0 spiro atoms. The van der Waals surface area contributed by atoms with Crippen LogP contribution in [0, 0.1) is 6.92 Å². The van der Waals surface area contributed by atoms with Crippen LogP contribution in [-0.4, -0.2) is 14.2 Å². The molecule has 0 saturated carbocycles. The van der Waals surface area contributed by atoms with Gasteiger partial charge in [-0.05, 0) is 37.1 Å². The summed E-state index contributed by atoms with van der Waals surface area (Å²) >= 11 is 0. The molecule has 0 aliphatic carbocycles. The van der Waals surface area contributed by atoms with Crippen LogP contribution in [0.1, 0.15) is 18.9 Å². The molecule has 15 heavy (non-hydrogen) atoms. The van der Waals surface area contributed by atoms with Crippen molar-refractivity contribution in [2.75, 3.05) is 11.5 Å². The molecular formula is C10H15NO3S. The molecule has 5 heteroatoms. The number of hydrogen-bond acceptors (Lipinski definition) is 4. The number of nitrogen functional groups attached to an aromatic ring is 1. The van der Waals surface area contributed by atoms with Gasteiger partial charge in [0.15, 0.2) is 0 Å². The molecule has 2 N–H and O–H groups in total. The SMILES string of the molecule is CCCS(=O)(=O)Oc1ccc(N)c(C)c1. The summed E-state index contributed by atoms with van der Waals surface area (Å²) in [6.07, 6.45) is 0.538. The van der Waals surface area contributed by atoms with Crippen molar-refractivity contribution in [3.05, 3.63) is 23.8 Å². The molecule has 0 aliphatic heterocycles. The van der Waals surface area contributed by atoms with Crippen LogP contribution in [0.15, 0.2) is 18.2 Å². The van der Waals surface area contributed by atoms with E-state index in [-0.39, 0.29) is 5.75 Å². The topological polar surface area (TPSA) is 69.4 Å². The van der Waals surface area contributed by atoms with Crippen LogP contribution < -0.4 is 9.92 Å². The first kappa shape index (κ1) is 11.8. The molecule has 84 valence electrons. The Balaban J connectivity index is 2.86. The highest BCUT2D eigenvalue weighted by atomic mass is 32.2. The van der Waals surface area contributed by atoms with Gasteiger partial charge >= 0.3 is 10.1 Å². The third kappa shape index (κ3) is 3.43. The van der Waals surface area contributed by atoms with Gasteiger partial charge in [-0.1, -0.05) is 6.92 Å². The maximum absolute atomic E-state index is 11.3. The molecule has 0 amide bonds. The first-order chi connectivity index (χ1) is 6.94. The summed E-state index contributed by atoms with van der Waals surface area (Å²) in [4.78, 5) is 0. The minimum atomic E-state index is -3.46. The van der Waals surface area contributed by atoms with E-state index in [1.54, 1.807) is 32.0 Å². The van der Waals surface area contributed by atoms with Crippen LogP contribution in [0.2, 0.25) is 0 Å². The standard InChI is InChI=1S/C10H15NO3S/c1-3-6-15(12,13)14-9-4-5-10(11)8(2)7-9/h4-5,7H,3,6,11H2,1-2H3. The molecule has 4 nitrogen and oxygen atoms in total. The number of benzene rings is 1. The zero-order valence-electron chi connectivity index (χ0n) is 8.86. The molecule has 0 bridgehead atoms. The lowest BCUT2D eigenvalue weighted by Crippen LogP contribution is -2.13. The van der Waals surface area contributed by atoms with Gasteiger partial charge in [0.25, 0.3) is 0 Å². The van der Waals surface area contributed by atoms with Crippen molar-refractivity contribution >= 4 is 15.8 Å². The lowest BCUT2D eigenvalue weighted by Gasteiger charge is -2.07. The second-order valence-corrected chi connectivity index (χ2v) is 5.05. The van der Waals surface area contributed by atoms with Crippen molar-refractivity contribution in [2.24, 2.45) is 0 Å². The summed E-state index contributed by atoms with van der Waals surface area (Å²) in [5, 5.41) is 0. The molecule has 1 rings (SSSR count). The minimum absolute atomic E-state index is 0.0242. The molecule has 0 unspecified atom stereocenters. The summed E-state index contributed by atoms with van der Waals surface area (Å²) < 4.78 is 27.6. The molecule has 0 atom stereocenters. The third-order valence-corrected chi connectivity index (χ3v) is 3.27.